The Morgan fingerprint density at radius 1 is 1.40 bits per heavy atom. The van der Waals surface area contributed by atoms with Crippen LogP contribution in [0.2, 0.25) is 5.02 Å². The van der Waals surface area contributed by atoms with Crippen molar-refractivity contribution < 1.29 is 23.7 Å². The Morgan fingerprint density at radius 3 is 2.75 bits per heavy atom. The summed E-state index contributed by atoms with van der Waals surface area (Å²) in [6.07, 6.45) is 0.126. The zero-order valence-electron chi connectivity index (χ0n) is 11.7. The van der Waals surface area contributed by atoms with Gasteiger partial charge in [0.2, 0.25) is 6.29 Å². The fourth-order valence-electron chi connectivity index (χ4n) is 2.18. The van der Waals surface area contributed by atoms with E-state index in [9.17, 15) is 4.79 Å². The predicted molar refractivity (Wildman–Crippen MR) is 73.2 cm³/mol. The number of hydrogen-bond donors (Lipinski definition) is 0. The molecule has 20 heavy (non-hydrogen) atoms. The maximum Gasteiger partial charge on any atom is 0.307 e. The Hall–Kier alpha value is -1.46. The van der Waals surface area contributed by atoms with Crippen LogP contribution in [0.5, 0.6) is 11.5 Å². The fraction of sp³-hybridized carbons (Fsp3) is 0.500. The Balaban J connectivity index is 2.32. The van der Waals surface area contributed by atoms with Gasteiger partial charge in [0.25, 0.3) is 0 Å². The van der Waals surface area contributed by atoms with Gasteiger partial charge in [-0.3, -0.25) is 4.79 Å². The number of carbonyl (C=O) groups is 1. The van der Waals surface area contributed by atoms with Crippen molar-refractivity contribution in [3.8, 4) is 11.5 Å². The van der Waals surface area contributed by atoms with Crippen molar-refractivity contribution in [1.29, 1.82) is 0 Å². The molecular formula is C14H17ClO5. The number of halogens is 1. The summed E-state index contributed by atoms with van der Waals surface area (Å²) in [5.41, 5.74) is 1.73. The molecular weight excluding hydrogens is 284 g/mol. The first-order valence-electron chi connectivity index (χ1n) is 6.34. The zero-order chi connectivity index (χ0) is 14.7. The minimum Gasteiger partial charge on any atom is -0.496 e. The van der Waals surface area contributed by atoms with Gasteiger partial charge in [0.1, 0.15) is 11.5 Å². The van der Waals surface area contributed by atoms with E-state index in [4.69, 9.17) is 30.5 Å². The molecule has 6 heteroatoms. The average molecular weight is 301 g/mol. The topological polar surface area (TPSA) is 54.0 Å². The first kappa shape index (κ1) is 14.9. The third-order valence-electron chi connectivity index (χ3n) is 3.17. The largest absolute Gasteiger partial charge is 0.496 e. The summed E-state index contributed by atoms with van der Waals surface area (Å²) in [5.74, 6) is 0.924. The van der Waals surface area contributed by atoms with E-state index in [-0.39, 0.29) is 12.6 Å². The van der Waals surface area contributed by atoms with Gasteiger partial charge in [-0.1, -0.05) is 18.5 Å². The smallest absolute Gasteiger partial charge is 0.307 e. The van der Waals surface area contributed by atoms with Crippen molar-refractivity contribution >= 4 is 17.6 Å². The van der Waals surface area contributed by atoms with Crippen LogP contribution >= 0.6 is 11.6 Å². The minimum absolute atomic E-state index is 0.261. The molecule has 5 nitrogen and oxygen atoms in total. The second-order valence-corrected chi connectivity index (χ2v) is 4.75. The number of fused-ring (bicyclic) bond motifs is 1. The van der Waals surface area contributed by atoms with E-state index in [0.717, 1.165) is 11.1 Å². The highest BCUT2D eigenvalue weighted by molar-refractivity contribution is 6.32. The van der Waals surface area contributed by atoms with Gasteiger partial charge in [0, 0.05) is 30.0 Å². The molecule has 0 radical (unpaired) electrons. The van der Waals surface area contributed by atoms with Crippen LogP contribution in [-0.4, -0.2) is 26.5 Å². The molecule has 2 rings (SSSR count). The number of methoxy groups -OCH3 is 2. The fourth-order valence-corrected chi connectivity index (χ4v) is 2.47. The van der Waals surface area contributed by atoms with Gasteiger partial charge in [-0.2, -0.15) is 0 Å². The summed E-state index contributed by atoms with van der Waals surface area (Å²) >= 11 is 6.14. The number of esters is 1. The van der Waals surface area contributed by atoms with Crippen LogP contribution in [-0.2, 0) is 27.3 Å². The standard InChI is InChI=1S/C14H17ClO5/c1-4-12(16)20-13-5-8-9(7-19-13)14(18-3)10(15)6-11(8)17-2/h6,13H,4-5,7H2,1-3H3. The quantitative estimate of drug-likeness (QED) is 0.800. The lowest BCUT2D eigenvalue weighted by atomic mass is 10.00. The zero-order valence-corrected chi connectivity index (χ0v) is 12.5. The monoisotopic (exact) mass is 300 g/mol. The van der Waals surface area contributed by atoms with Crippen LogP contribution in [0.3, 0.4) is 0 Å². The molecule has 0 aromatic heterocycles. The molecule has 0 N–H and O–H groups in total. The summed E-state index contributed by atoms with van der Waals surface area (Å²) in [6, 6.07) is 1.70. The summed E-state index contributed by atoms with van der Waals surface area (Å²) in [6.45, 7) is 2.00. The normalized spacial score (nSPS) is 17.3. The maximum absolute atomic E-state index is 11.3. The van der Waals surface area contributed by atoms with Gasteiger partial charge in [0.05, 0.1) is 25.8 Å². The molecule has 1 aliphatic rings. The van der Waals surface area contributed by atoms with Gasteiger partial charge in [-0.15, -0.1) is 0 Å². The van der Waals surface area contributed by atoms with Gasteiger partial charge < -0.3 is 18.9 Å². The third kappa shape index (κ3) is 2.83. The number of benzene rings is 1. The Bertz CT molecular complexity index is 515. The van der Waals surface area contributed by atoms with E-state index in [1.807, 2.05) is 0 Å². The summed E-state index contributed by atoms with van der Waals surface area (Å²) in [5, 5.41) is 0.468. The first-order valence-corrected chi connectivity index (χ1v) is 6.71. The molecule has 1 heterocycles. The third-order valence-corrected chi connectivity index (χ3v) is 3.45. The van der Waals surface area contributed by atoms with E-state index < -0.39 is 6.29 Å². The molecule has 1 atom stereocenters. The van der Waals surface area contributed by atoms with Crippen LogP contribution in [0.4, 0.5) is 0 Å². The number of ether oxygens (including phenoxy) is 4. The number of hydrogen-bond acceptors (Lipinski definition) is 5. The molecule has 0 amide bonds. The lowest BCUT2D eigenvalue weighted by Crippen LogP contribution is -2.28. The Labute approximate surface area is 122 Å². The molecule has 1 unspecified atom stereocenters. The molecule has 1 aliphatic heterocycles. The number of carbonyl (C=O) groups excluding carboxylic acids is 1. The van der Waals surface area contributed by atoms with Crippen LogP contribution in [0, 0.1) is 0 Å². The van der Waals surface area contributed by atoms with Crippen molar-refractivity contribution in [3.05, 3.63) is 22.2 Å². The molecule has 0 aliphatic carbocycles. The van der Waals surface area contributed by atoms with Crippen LogP contribution in [0.15, 0.2) is 6.07 Å². The van der Waals surface area contributed by atoms with Gasteiger partial charge >= 0.3 is 5.97 Å². The van der Waals surface area contributed by atoms with Crippen molar-refractivity contribution in [3.63, 3.8) is 0 Å². The molecule has 0 fully saturated rings. The van der Waals surface area contributed by atoms with Crippen molar-refractivity contribution in [1.82, 2.24) is 0 Å². The highest BCUT2D eigenvalue weighted by atomic mass is 35.5. The molecule has 0 saturated heterocycles. The van der Waals surface area contributed by atoms with Crippen molar-refractivity contribution in [2.45, 2.75) is 32.7 Å². The van der Waals surface area contributed by atoms with Crippen LogP contribution in [0.1, 0.15) is 24.5 Å². The van der Waals surface area contributed by atoms with E-state index in [2.05, 4.69) is 0 Å². The predicted octanol–water partition coefficient (Wildman–Crippen LogP) is 2.71. The highest BCUT2D eigenvalue weighted by Gasteiger charge is 2.28. The molecule has 0 bridgehead atoms. The maximum atomic E-state index is 11.3. The SMILES string of the molecule is CCC(=O)OC1Cc2c(OC)cc(Cl)c(OC)c2CO1. The van der Waals surface area contributed by atoms with Crippen molar-refractivity contribution in [2.75, 3.05) is 14.2 Å². The second kappa shape index (κ2) is 6.33. The summed E-state index contributed by atoms with van der Waals surface area (Å²) in [7, 11) is 3.12. The first-order chi connectivity index (χ1) is 9.60. The average Bonchev–Trinajstić information content (AvgIpc) is 2.46. The van der Waals surface area contributed by atoms with Crippen molar-refractivity contribution in [2.24, 2.45) is 0 Å². The van der Waals surface area contributed by atoms with Gasteiger partial charge in [-0.05, 0) is 0 Å². The molecule has 110 valence electrons. The van der Waals surface area contributed by atoms with Gasteiger partial charge in [-0.25, -0.2) is 0 Å². The van der Waals surface area contributed by atoms with Crippen LogP contribution in [0.25, 0.3) is 0 Å². The lowest BCUT2D eigenvalue weighted by molar-refractivity contribution is -0.183. The molecule has 0 spiro atoms. The molecule has 0 saturated carbocycles. The number of rotatable bonds is 4. The van der Waals surface area contributed by atoms with Gasteiger partial charge in [0.15, 0.2) is 0 Å². The summed E-state index contributed by atoms with van der Waals surface area (Å²) in [4.78, 5) is 11.3. The molecule has 1 aromatic rings. The van der Waals surface area contributed by atoms with E-state index in [1.165, 1.54) is 0 Å². The second-order valence-electron chi connectivity index (χ2n) is 4.34. The summed E-state index contributed by atoms with van der Waals surface area (Å²) < 4.78 is 21.4. The lowest BCUT2D eigenvalue weighted by Gasteiger charge is -2.28. The molecule has 1 aromatic carbocycles. The Kier molecular flexibility index (Phi) is 4.73. The van der Waals surface area contributed by atoms with E-state index >= 15 is 0 Å². The minimum atomic E-state index is -0.602. The van der Waals surface area contributed by atoms with E-state index in [0.29, 0.717) is 29.4 Å². The van der Waals surface area contributed by atoms with E-state index in [1.54, 1.807) is 27.2 Å². The van der Waals surface area contributed by atoms with Crippen LogP contribution < -0.4 is 9.47 Å². The highest BCUT2D eigenvalue weighted by Crippen LogP contribution is 2.41. The Morgan fingerprint density at radius 2 is 2.15 bits per heavy atom.